The number of hydrogen-bond donors (Lipinski definition) is 1. The summed E-state index contributed by atoms with van der Waals surface area (Å²) in [4.78, 5) is 18.7. The molecule has 1 aliphatic rings. The molecule has 2 atom stereocenters. The molecular weight excluding hydrogens is 254 g/mol. The molecule has 0 bridgehead atoms. The Morgan fingerprint density at radius 3 is 2.90 bits per heavy atom. The van der Waals surface area contributed by atoms with Crippen LogP contribution < -0.4 is 5.73 Å². The van der Waals surface area contributed by atoms with Crippen LogP contribution >= 0.6 is 0 Å². The molecule has 2 heterocycles. The van der Waals surface area contributed by atoms with E-state index in [0.717, 1.165) is 24.2 Å². The molecule has 20 heavy (non-hydrogen) atoms. The van der Waals surface area contributed by atoms with Crippen LogP contribution in [0.3, 0.4) is 0 Å². The minimum absolute atomic E-state index is 0.0275. The van der Waals surface area contributed by atoms with Crippen LogP contribution in [0, 0.1) is 6.92 Å². The molecule has 0 aliphatic carbocycles. The number of aromatic nitrogens is 1. The van der Waals surface area contributed by atoms with Crippen LogP contribution in [-0.4, -0.2) is 41.1 Å². The third kappa shape index (κ3) is 3.55. The second kappa shape index (κ2) is 6.81. The van der Waals surface area contributed by atoms with Crippen molar-refractivity contribution in [3.63, 3.8) is 0 Å². The molecule has 1 saturated heterocycles. The van der Waals surface area contributed by atoms with Gasteiger partial charge in [-0.1, -0.05) is 6.07 Å². The monoisotopic (exact) mass is 277 g/mol. The molecule has 0 aromatic carbocycles. The molecule has 1 amide bonds. The van der Waals surface area contributed by atoms with Crippen LogP contribution in [0.15, 0.2) is 18.2 Å². The molecular formula is C15H23N3O2. The molecule has 0 spiro atoms. The number of likely N-dealkylation sites (N-methyl/N-ethyl adjacent to an activating group) is 1. The molecule has 1 fully saturated rings. The number of pyridine rings is 1. The topological polar surface area (TPSA) is 68.5 Å². The van der Waals surface area contributed by atoms with Crippen LogP contribution in [0.4, 0.5) is 0 Å². The number of nitrogens with two attached hydrogens (primary N) is 1. The summed E-state index contributed by atoms with van der Waals surface area (Å²) in [6, 6.07) is 5.86. The first-order chi connectivity index (χ1) is 9.63. The van der Waals surface area contributed by atoms with Crippen LogP contribution in [0.5, 0.6) is 0 Å². The van der Waals surface area contributed by atoms with Gasteiger partial charge in [0.15, 0.2) is 0 Å². The largest absolute Gasteiger partial charge is 0.364 e. The summed E-state index contributed by atoms with van der Waals surface area (Å²) in [5, 5.41) is 0. The molecule has 110 valence electrons. The van der Waals surface area contributed by atoms with Gasteiger partial charge in [-0.25, -0.2) is 0 Å². The molecule has 2 unspecified atom stereocenters. The molecule has 0 saturated carbocycles. The van der Waals surface area contributed by atoms with Gasteiger partial charge in [-0.2, -0.15) is 0 Å². The zero-order valence-corrected chi connectivity index (χ0v) is 12.2. The van der Waals surface area contributed by atoms with Gasteiger partial charge in [0.25, 0.3) is 5.91 Å². The summed E-state index contributed by atoms with van der Waals surface area (Å²) in [5.74, 6) is 0.0479. The highest BCUT2D eigenvalue weighted by atomic mass is 16.5. The molecule has 0 radical (unpaired) electrons. The van der Waals surface area contributed by atoms with E-state index in [1.807, 2.05) is 32.0 Å². The van der Waals surface area contributed by atoms with E-state index in [1.165, 1.54) is 0 Å². The maximum Gasteiger partial charge on any atom is 0.252 e. The fourth-order valence-electron chi connectivity index (χ4n) is 2.49. The number of hydrogen-bond acceptors (Lipinski definition) is 4. The minimum atomic E-state index is -0.340. The number of nitrogens with zero attached hydrogens (tertiary/aromatic N) is 2. The van der Waals surface area contributed by atoms with E-state index in [1.54, 1.807) is 4.90 Å². The van der Waals surface area contributed by atoms with E-state index in [0.29, 0.717) is 19.6 Å². The third-order valence-corrected chi connectivity index (χ3v) is 3.64. The van der Waals surface area contributed by atoms with Crippen molar-refractivity contribution in [1.29, 1.82) is 0 Å². The van der Waals surface area contributed by atoms with Gasteiger partial charge in [0, 0.05) is 18.8 Å². The molecule has 5 nitrogen and oxygen atoms in total. The SMILES string of the molecule is CCN(Cc1cccc(C)n1)C(=O)C1CCC(CN)O1. The number of ether oxygens (including phenoxy) is 1. The van der Waals surface area contributed by atoms with E-state index in [-0.39, 0.29) is 18.1 Å². The fraction of sp³-hybridized carbons (Fsp3) is 0.600. The molecule has 5 heteroatoms. The smallest absolute Gasteiger partial charge is 0.252 e. The van der Waals surface area contributed by atoms with Crippen LogP contribution in [0.1, 0.15) is 31.2 Å². The van der Waals surface area contributed by atoms with Gasteiger partial charge in [-0.05, 0) is 38.8 Å². The lowest BCUT2D eigenvalue weighted by atomic mass is 10.1. The summed E-state index contributed by atoms with van der Waals surface area (Å²) >= 11 is 0. The highest BCUT2D eigenvalue weighted by Gasteiger charge is 2.32. The first-order valence-corrected chi connectivity index (χ1v) is 7.21. The van der Waals surface area contributed by atoms with Crippen LogP contribution in [0.25, 0.3) is 0 Å². The second-order valence-electron chi connectivity index (χ2n) is 5.18. The summed E-state index contributed by atoms with van der Waals surface area (Å²) in [5.41, 5.74) is 7.46. The number of carbonyl (C=O) groups is 1. The Morgan fingerprint density at radius 1 is 1.50 bits per heavy atom. The Morgan fingerprint density at radius 2 is 2.30 bits per heavy atom. The van der Waals surface area contributed by atoms with Crippen molar-refractivity contribution in [2.24, 2.45) is 5.73 Å². The summed E-state index contributed by atoms with van der Waals surface area (Å²) in [6.45, 7) is 5.59. The molecule has 1 aromatic heterocycles. The van der Waals surface area contributed by atoms with Crippen molar-refractivity contribution in [3.05, 3.63) is 29.6 Å². The maximum absolute atomic E-state index is 12.5. The van der Waals surface area contributed by atoms with E-state index < -0.39 is 0 Å². The molecule has 2 rings (SSSR count). The Labute approximate surface area is 120 Å². The average molecular weight is 277 g/mol. The number of carbonyl (C=O) groups excluding carboxylic acids is 1. The second-order valence-corrected chi connectivity index (χ2v) is 5.18. The number of rotatable bonds is 5. The van der Waals surface area contributed by atoms with Gasteiger partial charge in [0.1, 0.15) is 6.10 Å². The summed E-state index contributed by atoms with van der Waals surface area (Å²) < 4.78 is 5.68. The summed E-state index contributed by atoms with van der Waals surface area (Å²) in [7, 11) is 0. The summed E-state index contributed by atoms with van der Waals surface area (Å²) in [6.07, 6.45) is 1.32. The van der Waals surface area contributed by atoms with E-state index >= 15 is 0 Å². The van der Waals surface area contributed by atoms with Gasteiger partial charge in [-0.15, -0.1) is 0 Å². The predicted molar refractivity (Wildman–Crippen MR) is 77.0 cm³/mol. The van der Waals surface area contributed by atoms with Gasteiger partial charge in [0.05, 0.1) is 18.3 Å². The molecule has 2 N–H and O–H groups in total. The Balaban J connectivity index is 1.99. The molecule has 1 aromatic rings. The molecule has 1 aliphatic heterocycles. The average Bonchev–Trinajstić information content (AvgIpc) is 2.93. The van der Waals surface area contributed by atoms with Crippen molar-refractivity contribution in [2.45, 2.75) is 45.4 Å². The maximum atomic E-state index is 12.5. The van der Waals surface area contributed by atoms with Gasteiger partial charge >= 0.3 is 0 Å². The fourth-order valence-corrected chi connectivity index (χ4v) is 2.49. The first-order valence-electron chi connectivity index (χ1n) is 7.21. The Kier molecular flexibility index (Phi) is 5.09. The van der Waals surface area contributed by atoms with Crippen molar-refractivity contribution in [2.75, 3.05) is 13.1 Å². The third-order valence-electron chi connectivity index (χ3n) is 3.64. The van der Waals surface area contributed by atoms with Crippen molar-refractivity contribution in [3.8, 4) is 0 Å². The lowest BCUT2D eigenvalue weighted by Crippen LogP contribution is -2.39. The zero-order valence-electron chi connectivity index (χ0n) is 12.2. The van der Waals surface area contributed by atoms with Crippen molar-refractivity contribution < 1.29 is 9.53 Å². The minimum Gasteiger partial charge on any atom is -0.364 e. The predicted octanol–water partition coefficient (Wildman–Crippen LogP) is 1.24. The van der Waals surface area contributed by atoms with Gasteiger partial charge in [-0.3, -0.25) is 9.78 Å². The first kappa shape index (κ1) is 14.9. The zero-order chi connectivity index (χ0) is 14.5. The van der Waals surface area contributed by atoms with Gasteiger partial charge < -0.3 is 15.4 Å². The highest BCUT2D eigenvalue weighted by Crippen LogP contribution is 2.21. The van der Waals surface area contributed by atoms with E-state index in [9.17, 15) is 4.79 Å². The lowest BCUT2D eigenvalue weighted by molar-refractivity contribution is -0.143. The number of aryl methyl sites for hydroxylation is 1. The van der Waals surface area contributed by atoms with E-state index in [4.69, 9.17) is 10.5 Å². The lowest BCUT2D eigenvalue weighted by Gasteiger charge is -2.24. The normalized spacial score (nSPS) is 21.9. The van der Waals surface area contributed by atoms with Crippen molar-refractivity contribution in [1.82, 2.24) is 9.88 Å². The standard InChI is InChI=1S/C15H23N3O2/c1-3-18(10-12-6-4-5-11(2)17-12)15(19)14-8-7-13(9-16)20-14/h4-6,13-14H,3,7-10,16H2,1-2H3. The van der Waals surface area contributed by atoms with Crippen LogP contribution in [-0.2, 0) is 16.1 Å². The number of amides is 1. The van der Waals surface area contributed by atoms with Gasteiger partial charge in [0.2, 0.25) is 0 Å². The Bertz CT molecular complexity index is 464. The quantitative estimate of drug-likeness (QED) is 0.879. The van der Waals surface area contributed by atoms with E-state index in [2.05, 4.69) is 4.98 Å². The van der Waals surface area contributed by atoms with Crippen molar-refractivity contribution >= 4 is 5.91 Å². The van der Waals surface area contributed by atoms with Crippen LogP contribution in [0.2, 0.25) is 0 Å². The Hall–Kier alpha value is -1.46. The highest BCUT2D eigenvalue weighted by molar-refractivity contribution is 5.81.